The van der Waals surface area contributed by atoms with Gasteiger partial charge in [-0.3, -0.25) is 0 Å². The van der Waals surface area contributed by atoms with Crippen LogP contribution in [0.1, 0.15) is 15.9 Å². The third kappa shape index (κ3) is 2.50. The van der Waals surface area contributed by atoms with Gasteiger partial charge >= 0.3 is 5.97 Å². The number of aryl methyl sites for hydroxylation is 1. The van der Waals surface area contributed by atoms with E-state index in [0.29, 0.717) is 26.7 Å². The largest absolute Gasteiger partial charge is 0.478 e. The average Bonchev–Trinajstić information content (AvgIpc) is 2.26. The number of benzene rings is 2. The Bertz CT molecular complexity index is 601. The summed E-state index contributed by atoms with van der Waals surface area (Å²) in [6.07, 6.45) is 0. The molecule has 2 nitrogen and oxygen atoms in total. The van der Waals surface area contributed by atoms with E-state index in [0.717, 1.165) is 0 Å². The lowest BCUT2D eigenvalue weighted by molar-refractivity contribution is 0.0697. The molecule has 0 aliphatic carbocycles. The maximum Gasteiger partial charge on any atom is 0.336 e. The van der Waals surface area contributed by atoms with Gasteiger partial charge in [0.15, 0.2) is 0 Å². The first kappa shape index (κ1) is 12.9. The Balaban J connectivity index is 2.71. The smallest absolute Gasteiger partial charge is 0.336 e. The minimum atomic E-state index is -0.959. The third-order valence-corrected chi connectivity index (χ3v) is 3.10. The van der Waals surface area contributed by atoms with Crippen molar-refractivity contribution >= 4 is 29.2 Å². The number of hydrogen-bond acceptors (Lipinski definition) is 1. The standard InChI is InChI=1S/C14H10Cl2O2/c1-8-3-2-4-12(13(8)14(17)18)9-5-10(15)7-11(16)6-9/h2-7H,1H3,(H,17,18). The van der Waals surface area contributed by atoms with Crippen LogP contribution in [-0.4, -0.2) is 11.1 Å². The van der Waals surface area contributed by atoms with E-state index in [1.807, 2.05) is 6.07 Å². The summed E-state index contributed by atoms with van der Waals surface area (Å²) < 4.78 is 0. The fourth-order valence-corrected chi connectivity index (χ4v) is 2.43. The highest BCUT2D eigenvalue weighted by Crippen LogP contribution is 2.30. The van der Waals surface area contributed by atoms with Crippen molar-refractivity contribution in [2.75, 3.05) is 0 Å². The average molecular weight is 281 g/mol. The molecule has 18 heavy (non-hydrogen) atoms. The molecular weight excluding hydrogens is 271 g/mol. The summed E-state index contributed by atoms with van der Waals surface area (Å²) in [6.45, 7) is 1.76. The molecule has 0 aromatic heterocycles. The molecular formula is C14H10Cl2O2. The normalized spacial score (nSPS) is 10.4. The lowest BCUT2D eigenvalue weighted by atomic mass is 9.96. The molecule has 0 fully saturated rings. The Kier molecular flexibility index (Phi) is 3.60. The van der Waals surface area contributed by atoms with Crippen LogP contribution in [0.2, 0.25) is 10.0 Å². The molecule has 0 aliphatic heterocycles. The van der Waals surface area contributed by atoms with Crippen LogP contribution >= 0.6 is 23.2 Å². The highest BCUT2D eigenvalue weighted by molar-refractivity contribution is 6.35. The number of carboxylic acids is 1. The molecule has 2 rings (SSSR count). The van der Waals surface area contributed by atoms with Crippen molar-refractivity contribution in [2.45, 2.75) is 6.92 Å². The highest BCUT2D eigenvalue weighted by atomic mass is 35.5. The molecule has 0 aliphatic rings. The molecule has 0 bridgehead atoms. The summed E-state index contributed by atoms with van der Waals surface area (Å²) >= 11 is 11.9. The molecule has 0 heterocycles. The SMILES string of the molecule is Cc1cccc(-c2cc(Cl)cc(Cl)c2)c1C(=O)O. The predicted molar refractivity (Wildman–Crippen MR) is 73.6 cm³/mol. The highest BCUT2D eigenvalue weighted by Gasteiger charge is 2.14. The zero-order valence-corrected chi connectivity index (χ0v) is 11.1. The molecule has 0 unspecified atom stereocenters. The number of rotatable bonds is 2. The summed E-state index contributed by atoms with van der Waals surface area (Å²) in [6, 6.07) is 10.3. The van der Waals surface area contributed by atoms with Gasteiger partial charge in [-0.05, 0) is 41.8 Å². The summed E-state index contributed by atoms with van der Waals surface area (Å²) in [5, 5.41) is 10.2. The zero-order valence-electron chi connectivity index (χ0n) is 9.58. The summed E-state index contributed by atoms with van der Waals surface area (Å²) in [4.78, 5) is 11.3. The van der Waals surface area contributed by atoms with Gasteiger partial charge in [0.05, 0.1) is 5.56 Å². The van der Waals surface area contributed by atoms with Gasteiger partial charge in [-0.15, -0.1) is 0 Å². The van der Waals surface area contributed by atoms with Crippen LogP contribution in [0.4, 0.5) is 0 Å². The molecule has 0 atom stereocenters. The van der Waals surface area contributed by atoms with Crippen molar-refractivity contribution in [2.24, 2.45) is 0 Å². The summed E-state index contributed by atoms with van der Waals surface area (Å²) in [5.41, 5.74) is 2.30. The van der Waals surface area contributed by atoms with Gasteiger partial charge in [0.2, 0.25) is 0 Å². The number of halogens is 2. The van der Waals surface area contributed by atoms with Crippen molar-refractivity contribution in [3.05, 3.63) is 57.6 Å². The molecule has 0 amide bonds. The molecule has 92 valence electrons. The van der Waals surface area contributed by atoms with Crippen LogP contribution < -0.4 is 0 Å². The van der Waals surface area contributed by atoms with Crippen LogP contribution in [0.25, 0.3) is 11.1 Å². The van der Waals surface area contributed by atoms with Crippen molar-refractivity contribution in [1.29, 1.82) is 0 Å². The third-order valence-electron chi connectivity index (χ3n) is 2.66. The van der Waals surface area contributed by atoms with E-state index in [4.69, 9.17) is 23.2 Å². The van der Waals surface area contributed by atoms with Gasteiger partial charge < -0.3 is 5.11 Å². The monoisotopic (exact) mass is 280 g/mol. The van der Waals surface area contributed by atoms with Crippen LogP contribution in [0.15, 0.2) is 36.4 Å². The molecule has 2 aromatic rings. The second kappa shape index (κ2) is 5.01. The Morgan fingerprint density at radius 1 is 1.11 bits per heavy atom. The molecule has 0 spiro atoms. The van der Waals surface area contributed by atoms with Crippen molar-refractivity contribution in [3.8, 4) is 11.1 Å². The van der Waals surface area contributed by atoms with Gasteiger partial charge in [-0.2, -0.15) is 0 Å². The van der Waals surface area contributed by atoms with E-state index in [2.05, 4.69) is 0 Å². The second-order valence-corrected chi connectivity index (χ2v) is 4.83. The van der Waals surface area contributed by atoms with E-state index in [9.17, 15) is 9.90 Å². The van der Waals surface area contributed by atoms with E-state index in [1.165, 1.54) is 0 Å². The van der Waals surface area contributed by atoms with Crippen molar-refractivity contribution < 1.29 is 9.90 Å². The van der Waals surface area contributed by atoms with Gasteiger partial charge in [0.25, 0.3) is 0 Å². The lowest BCUT2D eigenvalue weighted by Gasteiger charge is -2.10. The molecule has 1 N–H and O–H groups in total. The van der Waals surface area contributed by atoms with Crippen molar-refractivity contribution in [1.82, 2.24) is 0 Å². The first-order valence-electron chi connectivity index (χ1n) is 5.28. The van der Waals surface area contributed by atoms with Crippen LogP contribution in [0, 0.1) is 6.92 Å². The zero-order chi connectivity index (χ0) is 13.3. The maximum atomic E-state index is 11.3. The van der Waals surface area contributed by atoms with Gasteiger partial charge in [0, 0.05) is 10.0 Å². The Hall–Kier alpha value is -1.51. The van der Waals surface area contributed by atoms with Crippen LogP contribution in [-0.2, 0) is 0 Å². The second-order valence-electron chi connectivity index (χ2n) is 3.96. The Morgan fingerprint density at radius 3 is 2.28 bits per heavy atom. The van der Waals surface area contributed by atoms with Crippen LogP contribution in [0.3, 0.4) is 0 Å². The first-order chi connectivity index (χ1) is 8.49. The predicted octanol–water partition coefficient (Wildman–Crippen LogP) is 4.67. The summed E-state index contributed by atoms with van der Waals surface area (Å²) in [7, 11) is 0. The molecule has 0 radical (unpaired) electrons. The molecule has 2 aromatic carbocycles. The number of aromatic carboxylic acids is 1. The van der Waals surface area contributed by atoms with E-state index >= 15 is 0 Å². The van der Waals surface area contributed by atoms with Gasteiger partial charge in [-0.25, -0.2) is 4.79 Å². The van der Waals surface area contributed by atoms with E-state index in [-0.39, 0.29) is 5.56 Å². The molecule has 0 saturated heterocycles. The Labute approximate surface area is 115 Å². The topological polar surface area (TPSA) is 37.3 Å². The number of carbonyl (C=O) groups is 1. The van der Waals surface area contributed by atoms with Gasteiger partial charge in [-0.1, -0.05) is 41.4 Å². The van der Waals surface area contributed by atoms with Crippen LogP contribution in [0.5, 0.6) is 0 Å². The summed E-state index contributed by atoms with van der Waals surface area (Å²) in [5.74, 6) is -0.959. The van der Waals surface area contributed by atoms with Crippen molar-refractivity contribution in [3.63, 3.8) is 0 Å². The number of hydrogen-bond donors (Lipinski definition) is 1. The number of carboxylic acid groups (broad SMARTS) is 1. The quantitative estimate of drug-likeness (QED) is 0.868. The lowest BCUT2D eigenvalue weighted by Crippen LogP contribution is -2.02. The van der Waals surface area contributed by atoms with Gasteiger partial charge in [0.1, 0.15) is 0 Å². The molecule has 4 heteroatoms. The minimum Gasteiger partial charge on any atom is -0.478 e. The fourth-order valence-electron chi connectivity index (χ4n) is 1.90. The van der Waals surface area contributed by atoms with E-state index < -0.39 is 5.97 Å². The fraction of sp³-hybridized carbons (Fsp3) is 0.0714. The minimum absolute atomic E-state index is 0.274. The van der Waals surface area contributed by atoms with E-state index in [1.54, 1.807) is 37.3 Å². The Morgan fingerprint density at radius 2 is 1.72 bits per heavy atom. The molecule has 0 saturated carbocycles. The first-order valence-corrected chi connectivity index (χ1v) is 6.04. The maximum absolute atomic E-state index is 11.3.